The molecule has 2 N–H and O–H groups in total. The fourth-order valence-electron chi connectivity index (χ4n) is 3.17. The molecule has 0 aliphatic rings. The summed E-state index contributed by atoms with van der Waals surface area (Å²) in [4.78, 5) is 16.4. The molecule has 7 nitrogen and oxygen atoms in total. The topological polar surface area (TPSA) is 97.3 Å². The second-order valence-electron chi connectivity index (χ2n) is 7.45. The number of ether oxygens (including phenoxy) is 2. The Labute approximate surface area is 239 Å². The maximum atomic E-state index is 12.0. The van der Waals surface area contributed by atoms with E-state index in [2.05, 4.69) is 31.1 Å². The van der Waals surface area contributed by atoms with E-state index in [0.717, 1.165) is 22.9 Å². The highest BCUT2D eigenvalue weighted by Gasteiger charge is 2.17. The number of carbonyl (C=O) groups is 1. The van der Waals surface area contributed by atoms with Gasteiger partial charge in [-0.1, -0.05) is 40.9 Å². The number of thioether (sulfide) groups is 1. The number of hydrogen-bond acceptors (Lipinski definition) is 6. The van der Waals surface area contributed by atoms with Crippen LogP contribution < -0.4 is 9.47 Å². The number of benzene rings is 3. The van der Waals surface area contributed by atoms with Gasteiger partial charge in [0, 0.05) is 26.2 Å². The summed E-state index contributed by atoms with van der Waals surface area (Å²) in [5.41, 5.74) is 2.09. The molecule has 0 spiro atoms. The number of halogens is 4. The maximum absolute atomic E-state index is 12.0. The Morgan fingerprint density at radius 1 is 1.11 bits per heavy atom. The largest absolute Gasteiger partial charge is 0.493 e. The Morgan fingerprint density at radius 2 is 1.84 bits per heavy atom. The van der Waals surface area contributed by atoms with Crippen molar-refractivity contribution in [2.75, 3.05) is 7.11 Å². The van der Waals surface area contributed by atoms with Crippen molar-refractivity contribution in [3.8, 4) is 22.9 Å². The quantitative estimate of drug-likeness (QED) is 0.141. The number of nitrogens with one attached hydrogen (secondary N) is 1. The number of H-pyrrole nitrogens is 1. The van der Waals surface area contributed by atoms with Gasteiger partial charge in [-0.15, -0.1) is 5.10 Å². The molecule has 0 amide bonds. The summed E-state index contributed by atoms with van der Waals surface area (Å²) >= 11 is 22.5. The van der Waals surface area contributed by atoms with Crippen LogP contribution in [0.2, 0.25) is 15.1 Å². The zero-order chi connectivity index (χ0) is 26.5. The first-order valence-corrected chi connectivity index (χ1v) is 13.2. The van der Waals surface area contributed by atoms with Crippen LogP contribution in [0.4, 0.5) is 0 Å². The molecule has 0 aliphatic heterocycles. The van der Waals surface area contributed by atoms with Gasteiger partial charge in [-0.25, -0.2) is 9.78 Å². The lowest BCUT2D eigenvalue weighted by atomic mass is 10.2. The molecule has 0 atom stereocenters. The molecule has 0 saturated heterocycles. The van der Waals surface area contributed by atoms with Gasteiger partial charge in [-0.2, -0.15) is 0 Å². The van der Waals surface area contributed by atoms with E-state index in [1.165, 1.54) is 13.2 Å². The minimum atomic E-state index is -1.13. The van der Waals surface area contributed by atoms with E-state index in [0.29, 0.717) is 42.4 Å². The van der Waals surface area contributed by atoms with E-state index in [4.69, 9.17) is 44.3 Å². The van der Waals surface area contributed by atoms with Crippen LogP contribution in [-0.4, -0.2) is 33.4 Å². The van der Waals surface area contributed by atoms with Crippen LogP contribution in [0.5, 0.6) is 11.5 Å². The summed E-state index contributed by atoms with van der Waals surface area (Å²) in [6, 6.07) is 15.6. The molecule has 0 radical (unpaired) electrons. The average molecular weight is 642 g/mol. The van der Waals surface area contributed by atoms with Crippen LogP contribution in [0, 0.1) is 0 Å². The highest BCUT2D eigenvalue weighted by atomic mass is 79.9. The van der Waals surface area contributed by atoms with Crippen molar-refractivity contribution in [2.24, 2.45) is 0 Å². The number of carboxylic acids is 1. The van der Waals surface area contributed by atoms with Crippen LogP contribution in [-0.2, 0) is 11.4 Å². The number of hydrogen-bond donors (Lipinski definition) is 2. The first-order chi connectivity index (χ1) is 17.7. The average Bonchev–Trinajstić information content (AvgIpc) is 3.32. The predicted octanol–water partition coefficient (Wildman–Crippen LogP) is 8.00. The highest BCUT2D eigenvalue weighted by Crippen LogP contribution is 2.39. The lowest BCUT2D eigenvalue weighted by molar-refractivity contribution is -0.131. The third-order valence-corrected chi connectivity index (χ3v) is 7.24. The predicted molar refractivity (Wildman–Crippen MR) is 150 cm³/mol. The van der Waals surface area contributed by atoms with Crippen molar-refractivity contribution >= 4 is 74.5 Å². The Kier molecular flexibility index (Phi) is 9.04. The van der Waals surface area contributed by atoms with Crippen LogP contribution >= 0.6 is 62.5 Å². The molecule has 4 aromatic rings. The third kappa shape index (κ3) is 7.00. The normalized spacial score (nSPS) is 11.4. The molecule has 1 heterocycles. The molecule has 0 fully saturated rings. The van der Waals surface area contributed by atoms with Crippen molar-refractivity contribution < 1.29 is 19.4 Å². The summed E-state index contributed by atoms with van der Waals surface area (Å²) in [6.07, 6.45) is 1.50. The lowest BCUT2D eigenvalue weighted by Crippen LogP contribution is -2.00. The van der Waals surface area contributed by atoms with Gasteiger partial charge in [0.1, 0.15) is 11.5 Å². The summed E-state index contributed by atoms with van der Waals surface area (Å²) in [5.74, 6) is 0.214. The SMILES string of the molecule is COc1cc(/C=C(\Sc2n[nH]c(-c3ccc(Cl)cc3)n2)C(=O)O)cc(Br)c1OCc1ccc(Cl)cc1Cl. The highest BCUT2D eigenvalue weighted by molar-refractivity contribution is 9.10. The molecule has 0 aliphatic carbocycles. The van der Waals surface area contributed by atoms with Gasteiger partial charge in [-0.05, 0) is 87.9 Å². The molecule has 190 valence electrons. The fraction of sp³-hybridized carbons (Fsp3) is 0.0800. The third-order valence-electron chi connectivity index (χ3n) is 4.93. The van der Waals surface area contributed by atoms with Gasteiger partial charge in [0.25, 0.3) is 0 Å². The molecule has 0 unspecified atom stereocenters. The van der Waals surface area contributed by atoms with Crippen molar-refractivity contribution in [1.82, 2.24) is 15.2 Å². The Morgan fingerprint density at radius 3 is 2.51 bits per heavy atom. The van der Waals surface area contributed by atoms with E-state index >= 15 is 0 Å². The van der Waals surface area contributed by atoms with Crippen molar-refractivity contribution in [3.05, 3.63) is 90.2 Å². The number of carboxylic acid groups (broad SMARTS) is 1. The smallest absolute Gasteiger partial charge is 0.342 e. The Balaban J connectivity index is 1.55. The number of aromatic nitrogens is 3. The summed E-state index contributed by atoms with van der Waals surface area (Å²) in [7, 11) is 1.50. The minimum absolute atomic E-state index is 0.0113. The molecule has 4 rings (SSSR count). The van der Waals surface area contributed by atoms with Gasteiger partial charge >= 0.3 is 5.97 Å². The number of aromatic amines is 1. The zero-order valence-corrected chi connectivity index (χ0v) is 23.6. The number of aliphatic carboxylic acids is 1. The molecule has 3 aromatic carbocycles. The van der Waals surface area contributed by atoms with Gasteiger partial charge < -0.3 is 14.6 Å². The zero-order valence-electron chi connectivity index (χ0n) is 19.0. The summed E-state index contributed by atoms with van der Waals surface area (Å²) in [6.45, 7) is 0.178. The maximum Gasteiger partial charge on any atom is 0.342 e. The van der Waals surface area contributed by atoms with Crippen molar-refractivity contribution in [1.29, 1.82) is 0 Å². The molecule has 0 bridgehead atoms. The van der Waals surface area contributed by atoms with Gasteiger partial charge in [0.2, 0.25) is 5.16 Å². The molecule has 0 saturated carbocycles. The molecule has 12 heteroatoms. The van der Waals surface area contributed by atoms with Gasteiger partial charge in [0.05, 0.1) is 11.6 Å². The lowest BCUT2D eigenvalue weighted by Gasteiger charge is -2.14. The Bertz CT molecular complexity index is 1480. The van der Waals surface area contributed by atoms with Crippen LogP contribution in [0.3, 0.4) is 0 Å². The molecule has 1 aromatic heterocycles. The van der Waals surface area contributed by atoms with E-state index in [-0.39, 0.29) is 16.7 Å². The van der Waals surface area contributed by atoms with E-state index < -0.39 is 5.97 Å². The van der Waals surface area contributed by atoms with Crippen LogP contribution in [0.15, 0.2) is 69.1 Å². The molecule has 37 heavy (non-hydrogen) atoms. The first kappa shape index (κ1) is 27.3. The minimum Gasteiger partial charge on any atom is -0.493 e. The second kappa shape index (κ2) is 12.2. The van der Waals surface area contributed by atoms with E-state index in [1.807, 2.05) is 0 Å². The number of rotatable bonds is 9. The number of nitrogens with zero attached hydrogens (tertiary/aromatic N) is 2. The molecular formula is C25H17BrCl3N3O4S. The first-order valence-electron chi connectivity index (χ1n) is 10.5. The van der Waals surface area contributed by atoms with Crippen molar-refractivity contribution in [3.63, 3.8) is 0 Å². The molecular weight excluding hydrogens is 625 g/mol. The van der Waals surface area contributed by atoms with Crippen molar-refractivity contribution in [2.45, 2.75) is 11.8 Å². The fourth-order valence-corrected chi connectivity index (χ4v) is 5.04. The van der Waals surface area contributed by atoms with Crippen LogP contribution in [0.1, 0.15) is 11.1 Å². The summed E-state index contributed by atoms with van der Waals surface area (Å²) < 4.78 is 12.0. The monoisotopic (exact) mass is 639 g/mol. The Hall–Kier alpha value is -2.69. The van der Waals surface area contributed by atoms with E-state index in [9.17, 15) is 9.90 Å². The van der Waals surface area contributed by atoms with Gasteiger partial charge in [0.15, 0.2) is 17.3 Å². The second-order valence-corrected chi connectivity index (χ2v) is 10.6. The standard InChI is InChI=1S/C25H17BrCl3N3O4S/c1-35-20-9-13(8-18(26)22(20)36-12-15-4-7-17(28)11-19(15)29)10-21(24(33)34)37-25-30-23(31-32-25)14-2-5-16(27)6-3-14/h2-11H,12H2,1H3,(H,33,34)(H,30,31,32)/b21-10-. The summed E-state index contributed by atoms with van der Waals surface area (Å²) in [5, 5.41) is 18.6. The van der Waals surface area contributed by atoms with Crippen LogP contribution in [0.25, 0.3) is 17.5 Å². The van der Waals surface area contributed by atoms with E-state index in [1.54, 1.807) is 54.6 Å². The number of methoxy groups -OCH3 is 1. The van der Waals surface area contributed by atoms with Gasteiger partial charge in [-0.3, -0.25) is 5.10 Å².